The van der Waals surface area contributed by atoms with Gasteiger partial charge in [0.15, 0.2) is 0 Å². The average molecular weight is 276 g/mol. The van der Waals surface area contributed by atoms with Crippen molar-refractivity contribution in [3.63, 3.8) is 0 Å². The molecule has 1 aromatic rings. The Balaban J connectivity index is 1.99. The van der Waals surface area contributed by atoms with Gasteiger partial charge in [-0.15, -0.1) is 0 Å². The topological polar surface area (TPSA) is 79.2 Å². The van der Waals surface area contributed by atoms with Crippen LogP contribution in [0.2, 0.25) is 0 Å². The Hall–Kier alpha value is -2.37. The monoisotopic (exact) mass is 276 g/mol. The van der Waals surface area contributed by atoms with E-state index in [-0.39, 0.29) is 24.5 Å². The molecule has 0 atom stereocenters. The minimum atomic E-state index is -1.06. The van der Waals surface area contributed by atoms with E-state index in [0.717, 1.165) is 11.3 Å². The smallest absolute Gasteiger partial charge is 0.352 e. The molecule has 0 aliphatic carbocycles. The number of hydrogen-bond donors (Lipinski definition) is 1. The van der Waals surface area contributed by atoms with Gasteiger partial charge >= 0.3 is 5.97 Å². The third-order valence-corrected chi connectivity index (χ3v) is 3.12. The fourth-order valence-corrected chi connectivity index (χ4v) is 1.96. The number of carboxylic acids is 1. The van der Waals surface area contributed by atoms with Crippen molar-refractivity contribution in [3.05, 3.63) is 29.8 Å². The molecule has 1 aliphatic heterocycles. The number of rotatable bonds is 5. The summed E-state index contributed by atoms with van der Waals surface area (Å²) in [6.07, 6.45) is 1.02. The second kappa shape index (κ2) is 6.18. The molecule has 0 bridgehead atoms. The molecule has 0 saturated carbocycles. The number of carbonyl (C=O) groups excluding carboxylic acids is 1. The lowest BCUT2D eigenvalue weighted by Crippen LogP contribution is -2.35. The Morgan fingerprint density at radius 1 is 1.35 bits per heavy atom. The fraction of sp³-hybridized carbons (Fsp3) is 0.357. The van der Waals surface area contributed by atoms with Gasteiger partial charge in [0, 0.05) is 19.4 Å². The SMILES string of the molecule is COc1ccc(CCN2N=C(C(=O)O)CCC2=O)cc1. The molecule has 1 N–H and O–H groups in total. The van der Waals surface area contributed by atoms with Crippen LogP contribution in [0.3, 0.4) is 0 Å². The predicted molar refractivity (Wildman–Crippen MR) is 72.7 cm³/mol. The molecule has 0 spiro atoms. The Morgan fingerprint density at radius 2 is 2.05 bits per heavy atom. The largest absolute Gasteiger partial charge is 0.497 e. The van der Waals surface area contributed by atoms with Crippen LogP contribution in [0.15, 0.2) is 29.4 Å². The van der Waals surface area contributed by atoms with E-state index in [4.69, 9.17) is 9.84 Å². The van der Waals surface area contributed by atoms with Gasteiger partial charge in [-0.05, 0) is 24.1 Å². The fourth-order valence-electron chi connectivity index (χ4n) is 1.96. The molecule has 2 rings (SSSR count). The first-order valence-electron chi connectivity index (χ1n) is 6.34. The number of aliphatic carboxylic acids is 1. The molecular weight excluding hydrogens is 260 g/mol. The van der Waals surface area contributed by atoms with Crippen molar-refractivity contribution in [2.24, 2.45) is 5.10 Å². The van der Waals surface area contributed by atoms with Gasteiger partial charge in [-0.2, -0.15) is 5.10 Å². The van der Waals surface area contributed by atoms with Gasteiger partial charge < -0.3 is 9.84 Å². The van der Waals surface area contributed by atoms with Gasteiger partial charge in [0.1, 0.15) is 11.5 Å². The number of nitrogens with zero attached hydrogens (tertiary/aromatic N) is 2. The number of methoxy groups -OCH3 is 1. The Kier molecular flexibility index (Phi) is 4.34. The maximum atomic E-state index is 11.7. The number of carboxylic acid groups (broad SMARTS) is 1. The summed E-state index contributed by atoms with van der Waals surface area (Å²) in [6, 6.07) is 7.52. The Morgan fingerprint density at radius 3 is 2.65 bits per heavy atom. The first-order valence-corrected chi connectivity index (χ1v) is 6.34. The van der Waals surface area contributed by atoms with Gasteiger partial charge in [0.25, 0.3) is 0 Å². The lowest BCUT2D eigenvalue weighted by Gasteiger charge is -2.22. The molecule has 1 aromatic carbocycles. The van der Waals surface area contributed by atoms with Crippen molar-refractivity contribution >= 4 is 17.6 Å². The lowest BCUT2D eigenvalue weighted by molar-refractivity contribution is -0.132. The molecule has 0 saturated heterocycles. The summed E-state index contributed by atoms with van der Waals surface area (Å²) in [5, 5.41) is 14.0. The molecular formula is C14H16N2O4. The summed E-state index contributed by atoms with van der Waals surface area (Å²) in [6.45, 7) is 0.377. The molecule has 0 radical (unpaired) electrons. The van der Waals surface area contributed by atoms with Crippen LogP contribution in [0, 0.1) is 0 Å². The van der Waals surface area contributed by atoms with Gasteiger partial charge in [0.2, 0.25) is 5.91 Å². The number of hydrazone groups is 1. The van der Waals surface area contributed by atoms with E-state index in [1.165, 1.54) is 5.01 Å². The highest BCUT2D eigenvalue weighted by molar-refractivity contribution is 6.36. The van der Waals surface area contributed by atoms with Gasteiger partial charge in [-0.3, -0.25) is 4.79 Å². The van der Waals surface area contributed by atoms with Crippen molar-refractivity contribution < 1.29 is 19.4 Å². The van der Waals surface area contributed by atoms with Crippen LogP contribution in [0.5, 0.6) is 5.75 Å². The molecule has 6 nitrogen and oxygen atoms in total. The van der Waals surface area contributed by atoms with E-state index in [1.54, 1.807) is 7.11 Å². The van der Waals surface area contributed by atoms with Crippen LogP contribution in [0.25, 0.3) is 0 Å². The molecule has 1 heterocycles. The standard InChI is InChI=1S/C14H16N2O4/c1-20-11-4-2-10(3-5-11)8-9-16-13(17)7-6-12(15-16)14(18)19/h2-5H,6-9H2,1H3,(H,18,19). The molecule has 1 amide bonds. The van der Waals surface area contributed by atoms with E-state index in [2.05, 4.69) is 5.10 Å². The predicted octanol–water partition coefficient (Wildman–Crippen LogP) is 1.30. The number of amides is 1. The van der Waals surface area contributed by atoms with Crippen LogP contribution in [0.4, 0.5) is 0 Å². The van der Waals surface area contributed by atoms with Crippen molar-refractivity contribution in [1.82, 2.24) is 5.01 Å². The van der Waals surface area contributed by atoms with Crippen LogP contribution in [-0.2, 0) is 16.0 Å². The third kappa shape index (κ3) is 3.34. The summed E-state index contributed by atoms with van der Waals surface area (Å²) in [4.78, 5) is 22.6. The lowest BCUT2D eigenvalue weighted by atomic mass is 10.1. The zero-order valence-electron chi connectivity index (χ0n) is 11.2. The molecule has 0 aromatic heterocycles. The van der Waals surface area contributed by atoms with Crippen LogP contribution < -0.4 is 4.74 Å². The third-order valence-electron chi connectivity index (χ3n) is 3.12. The number of ether oxygens (including phenoxy) is 1. The summed E-state index contributed by atoms with van der Waals surface area (Å²) >= 11 is 0. The first-order chi connectivity index (χ1) is 9.60. The quantitative estimate of drug-likeness (QED) is 0.879. The molecule has 106 valence electrons. The highest BCUT2D eigenvalue weighted by Gasteiger charge is 2.23. The molecule has 1 aliphatic rings. The van der Waals surface area contributed by atoms with E-state index in [1.807, 2.05) is 24.3 Å². The highest BCUT2D eigenvalue weighted by Crippen LogP contribution is 2.14. The summed E-state index contributed by atoms with van der Waals surface area (Å²) in [5.74, 6) is -0.426. The summed E-state index contributed by atoms with van der Waals surface area (Å²) in [7, 11) is 1.60. The number of benzene rings is 1. The average Bonchev–Trinajstić information content (AvgIpc) is 2.46. The summed E-state index contributed by atoms with van der Waals surface area (Å²) in [5.41, 5.74) is 1.08. The van der Waals surface area contributed by atoms with Crippen LogP contribution in [0.1, 0.15) is 18.4 Å². The van der Waals surface area contributed by atoms with Crippen molar-refractivity contribution in [1.29, 1.82) is 0 Å². The Bertz CT molecular complexity index is 537. The van der Waals surface area contributed by atoms with E-state index < -0.39 is 5.97 Å². The van der Waals surface area contributed by atoms with E-state index in [9.17, 15) is 9.59 Å². The maximum absolute atomic E-state index is 11.7. The zero-order valence-corrected chi connectivity index (χ0v) is 11.2. The van der Waals surface area contributed by atoms with Crippen molar-refractivity contribution in [2.45, 2.75) is 19.3 Å². The Labute approximate surface area is 116 Å². The molecule has 6 heteroatoms. The molecule has 0 unspecified atom stereocenters. The minimum Gasteiger partial charge on any atom is -0.497 e. The summed E-state index contributed by atoms with van der Waals surface area (Å²) < 4.78 is 5.07. The maximum Gasteiger partial charge on any atom is 0.352 e. The number of carbonyl (C=O) groups is 2. The van der Waals surface area contributed by atoms with Gasteiger partial charge in [-0.1, -0.05) is 12.1 Å². The molecule has 20 heavy (non-hydrogen) atoms. The van der Waals surface area contributed by atoms with Crippen molar-refractivity contribution in [3.8, 4) is 5.75 Å². The van der Waals surface area contributed by atoms with Crippen LogP contribution in [-0.4, -0.2) is 41.4 Å². The second-order valence-electron chi connectivity index (χ2n) is 4.47. The second-order valence-corrected chi connectivity index (χ2v) is 4.47. The van der Waals surface area contributed by atoms with Gasteiger partial charge in [0.05, 0.1) is 7.11 Å². The first kappa shape index (κ1) is 14.0. The highest BCUT2D eigenvalue weighted by atomic mass is 16.5. The van der Waals surface area contributed by atoms with E-state index in [0.29, 0.717) is 13.0 Å². The van der Waals surface area contributed by atoms with E-state index >= 15 is 0 Å². The normalized spacial score (nSPS) is 14.9. The van der Waals surface area contributed by atoms with Crippen molar-refractivity contribution in [2.75, 3.05) is 13.7 Å². The molecule has 0 fully saturated rings. The van der Waals surface area contributed by atoms with Crippen LogP contribution >= 0.6 is 0 Å². The zero-order chi connectivity index (χ0) is 14.5. The number of hydrogen-bond acceptors (Lipinski definition) is 4. The minimum absolute atomic E-state index is 0.0410. The van der Waals surface area contributed by atoms with Gasteiger partial charge in [-0.25, -0.2) is 9.80 Å².